The van der Waals surface area contributed by atoms with Crippen molar-refractivity contribution in [2.75, 3.05) is 23.8 Å². The number of benzene rings is 2. The Morgan fingerprint density at radius 1 is 1.28 bits per heavy atom. The van der Waals surface area contributed by atoms with E-state index >= 15 is 0 Å². The molecule has 3 rings (SSSR count). The van der Waals surface area contributed by atoms with E-state index < -0.39 is 6.61 Å². The summed E-state index contributed by atoms with van der Waals surface area (Å²) in [6.07, 6.45) is 0. The fourth-order valence-electron chi connectivity index (χ4n) is 2.26. The predicted octanol–water partition coefficient (Wildman–Crippen LogP) is 3.97. The van der Waals surface area contributed by atoms with E-state index in [1.54, 1.807) is 18.0 Å². The molecule has 0 aliphatic carbocycles. The Kier molecular flexibility index (Phi) is 5.08. The maximum atomic E-state index is 12.2. The van der Waals surface area contributed by atoms with E-state index in [1.807, 2.05) is 24.3 Å². The van der Waals surface area contributed by atoms with Gasteiger partial charge in [0.25, 0.3) is 0 Å². The zero-order valence-corrected chi connectivity index (χ0v) is 14.1. The summed E-state index contributed by atoms with van der Waals surface area (Å²) in [4.78, 5) is 18.4. The van der Waals surface area contributed by atoms with Crippen LogP contribution in [0.15, 0.2) is 48.5 Å². The lowest BCUT2D eigenvalue weighted by Gasteiger charge is -2.15. The standard InChI is InChI=1S/C17H15F2N3O2S/c1-22(17-21-13-7-2-3-8-14(13)25-17)10-15(23)20-11-5-4-6-12(9-11)24-16(18)19/h2-9,16H,10H2,1H3,(H,20,23). The quantitative estimate of drug-likeness (QED) is 0.720. The summed E-state index contributed by atoms with van der Waals surface area (Å²) in [7, 11) is 1.77. The lowest BCUT2D eigenvalue weighted by atomic mass is 10.3. The SMILES string of the molecule is CN(CC(=O)Nc1cccc(OC(F)F)c1)c1nc2ccccc2s1. The van der Waals surface area contributed by atoms with Crippen LogP contribution >= 0.6 is 11.3 Å². The van der Waals surface area contributed by atoms with Crippen molar-refractivity contribution in [2.45, 2.75) is 6.61 Å². The van der Waals surface area contributed by atoms with Gasteiger partial charge in [-0.2, -0.15) is 8.78 Å². The molecule has 0 unspecified atom stereocenters. The Morgan fingerprint density at radius 3 is 2.84 bits per heavy atom. The van der Waals surface area contributed by atoms with Crippen molar-refractivity contribution in [1.29, 1.82) is 0 Å². The van der Waals surface area contributed by atoms with Crippen molar-refractivity contribution in [3.63, 3.8) is 0 Å². The minimum absolute atomic E-state index is 0.00710. The van der Waals surface area contributed by atoms with Crippen LogP contribution in [0.4, 0.5) is 19.6 Å². The molecule has 5 nitrogen and oxygen atoms in total. The largest absolute Gasteiger partial charge is 0.435 e. The second-order valence-electron chi connectivity index (χ2n) is 5.27. The number of ether oxygens (including phenoxy) is 1. The van der Waals surface area contributed by atoms with E-state index in [2.05, 4.69) is 15.0 Å². The maximum absolute atomic E-state index is 12.2. The Bertz CT molecular complexity index is 852. The summed E-state index contributed by atoms with van der Waals surface area (Å²) in [6, 6.07) is 13.6. The summed E-state index contributed by atoms with van der Waals surface area (Å²) >= 11 is 1.49. The number of rotatable bonds is 6. The highest BCUT2D eigenvalue weighted by Gasteiger charge is 2.13. The van der Waals surface area contributed by atoms with Gasteiger partial charge >= 0.3 is 6.61 Å². The molecular weight excluding hydrogens is 348 g/mol. The molecule has 130 valence electrons. The van der Waals surface area contributed by atoms with Gasteiger partial charge in [-0.15, -0.1) is 0 Å². The normalized spacial score (nSPS) is 10.9. The molecule has 0 saturated heterocycles. The molecule has 0 radical (unpaired) electrons. The van der Waals surface area contributed by atoms with Crippen molar-refractivity contribution < 1.29 is 18.3 Å². The molecule has 0 spiro atoms. The number of nitrogens with zero attached hydrogens (tertiary/aromatic N) is 2. The van der Waals surface area contributed by atoms with Gasteiger partial charge in [0, 0.05) is 18.8 Å². The number of hydrogen-bond donors (Lipinski definition) is 1. The molecule has 1 amide bonds. The summed E-state index contributed by atoms with van der Waals surface area (Å²) < 4.78 is 29.8. The highest BCUT2D eigenvalue weighted by molar-refractivity contribution is 7.22. The van der Waals surface area contributed by atoms with Crippen LogP contribution in [0.3, 0.4) is 0 Å². The van der Waals surface area contributed by atoms with E-state index in [-0.39, 0.29) is 18.2 Å². The number of likely N-dealkylation sites (N-methyl/N-ethyl adjacent to an activating group) is 1. The molecule has 3 aromatic rings. The fraction of sp³-hybridized carbons (Fsp3) is 0.176. The highest BCUT2D eigenvalue weighted by Crippen LogP contribution is 2.27. The number of alkyl halides is 2. The van der Waals surface area contributed by atoms with Gasteiger partial charge in [0.05, 0.1) is 16.8 Å². The summed E-state index contributed by atoms with van der Waals surface area (Å²) in [5.74, 6) is -0.289. The van der Waals surface area contributed by atoms with Crippen molar-refractivity contribution >= 4 is 38.3 Å². The van der Waals surface area contributed by atoms with Crippen molar-refractivity contribution in [2.24, 2.45) is 0 Å². The molecular formula is C17H15F2N3O2S. The second-order valence-corrected chi connectivity index (χ2v) is 6.28. The van der Waals surface area contributed by atoms with Crippen LogP contribution in [-0.2, 0) is 4.79 Å². The molecule has 0 atom stereocenters. The molecule has 0 aliphatic heterocycles. The molecule has 0 fully saturated rings. The number of carbonyl (C=O) groups excluding carboxylic acids is 1. The zero-order valence-electron chi connectivity index (χ0n) is 13.3. The number of halogens is 2. The third-order valence-electron chi connectivity index (χ3n) is 3.33. The molecule has 25 heavy (non-hydrogen) atoms. The Labute approximate surface area is 146 Å². The molecule has 0 bridgehead atoms. The zero-order chi connectivity index (χ0) is 17.8. The number of aromatic nitrogens is 1. The Balaban J connectivity index is 1.63. The minimum atomic E-state index is -2.91. The summed E-state index contributed by atoms with van der Waals surface area (Å²) in [5.41, 5.74) is 1.27. The van der Waals surface area contributed by atoms with E-state index in [9.17, 15) is 13.6 Å². The third kappa shape index (κ3) is 4.42. The third-order valence-corrected chi connectivity index (χ3v) is 4.48. The van der Waals surface area contributed by atoms with Gasteiger partial charge in [0.1, 0.15) is 5.75 Å². The van der Waals surface area contributed by atoms with Crippen molar-refractivity contribution in [3.8, 4) is 5.75 Å². The number of amides is 1. The first-order valence-corrected chi connectivity index (χ1v) is 8.24. The number of thiazole rings is 1. The van der Waals surface area contributed by atoms with E-state index in [0.717, 1.165) is 15.3 Å². The average molecular weight is 363 g/mol. The van der Waals surface area contributed by atoms with Crippen LogP contribution in [0.2, 0.25) is 0 Å². The summed E-state index contributed by atoms with van der Waals surface area (Å²) in [6.45, 7) is -2.82. The van der Waals surface area contributed by atoms with Crippen LogP contribution in [0.5, 0.6) is 5.75 Å². The molecule has 8 heteroatoms. The monoisotopic (exact) mass is 363 g/mol. The van der Waals surface area contributed by atoms with Crippen LogP contribution < -0.4 is 15.0 Å². The maximum Gasteiger partial charge on any atom is 0.387 e. The number of anilines is 2. The van der Waals surface area contributed by atoms with Crippen LogP contribution in [0, 0.1) is 0 Å². The highest BCUT2D eigenvalue weighted by atomic mass is 32.1. The number of nitrogens with one attached hydrogen (secondary N) is 1. The smallest absolute Gasteiger partial charge is 0.387 e. The van der Waals surface area contributed by atoms with Crippen molar-refractivity contribution in [3.05, 3.63) is 48.5 Å². The Hall–Kier alpha value is -2.74. The van der Waals surface area contributed by atoms with E-state index in [0.29, 0.717) is 5.69 Å². The van der Waals surface area contributed by atoms with Crippen LogP contribution in [0.25, 0.3) is 10.2 Å². The van der Waals surface area contributed by atoms with Gasteiger partial charge < -0.3 is 15.0 Å². The lowest BCUT2D eigenvalue weighted by molar-refractivity contribution is -0.114. The number of carbonyl (C=O) groups is 1. The first-order valence-electron chi connectivity index (χ1n) is 7.43. The molecule has 0 aliphatic rings. The second kappa shape index (κ2) is 7.43. The Morgan fingerprint density at radius 2 is 2.08 bits per heavy atom. The fourth-order valence-corrected chi connectivity index (χ4v) is 3.18. The summed E-state index contributed by atoms with van der Waals surface area (Å²) in [5, 5.41) is 3.39. The topological polar surface area (TPSA) is 54.5 Å². The molecule has 1 aromatic heterocycles. The predicted molar refractivity (Wildman–Crippen MR) is 94.6 cm³/mol. The molecule has 1 N–H and O–H groups in total. The number of fused-ring (bicyclic) bond motifs is 1. The molecule has 2 aromatic carbocycles. The van der Waals surface area contributed by atoms with Gasteiger partial charge in [-0.1, -0.05) is 29.5 Å². The lowest BCUT2D eigenvalue weighted by Crippen LogP contribution is -2.29. The number of hydrogen-bond acceptors (Lipinski definition) is 5. The van der Waals surface area contributed by atoms with E-state index in [1.165, 1.54) is 29.5 Å². The van der Waals surface area contributed by atoms with Crippen LogP contribution in [0.1, 0.15) is 0 Å². The first-order chi connectivity index (χ1) is 12.0. The van der Waals surface area contributed by atoms with Crippen LogP contribution in [-0.4, -0.2) is 31.1 Å². The van der Waals surface area contributed by atoms with E-state index in [4.69, 9.17) is 0 Å². The van der Waals surface area contributed by atoms with Gasteiger partial charge in [0.2, 0.25) is 5.91 Å². The van der Waals surface area contributed by atoms with Gasteiger partial charge in [0.15, 0.2) is 5.13 Å². The average Bonchev–Trinajstić information content (AvgIpc) is 2.98. The minimum Gasteiger partial charge on any atom is -0.435 e. The number of para-hydroxylation sites is 1. The molecule has 0 saturated carbocycles. The van der Waals surface area contributed by atoms with Gasteiger partial charge in [-0.25, -0.2) is 4.98 Å². The first kappa shape index (κ1) is 17.1. The van der Waals surface area contributed by atoms with Gasteiger partial charge in [-0.05, 0) is 24.3 Å². The van der Waals surface area contributed by atoms with Crippen molar-refractivity contribution in [1.82, 2.24) is 4.98 Å². The van der Waals surface area contributed by atoms with Gasteiger partial charge in [-0.3, -0.25) is 4.79 Å². The molecule has 1 heterocycles.